The Balaban J connectivity index is 1.86. The van der Waals surface area contributed by atoms with E-state index in [1.165, 1.54) is 0 Å². The Morgan fingerprint density at radius 3 is 2.38 bits per heavy atom. The third kappa shape index (κ3) is 3.63. The molecule has 0 bridgehead atoms. The van der Waals surface area contributed by atoms with Gasteiger partial charge in [-0.1, -0.05) is 24.3 Å². The molecule has 0 aromatic heterocycles. The van der Waals surface area contributed by atoms with E-state index in [4.69, 9.17) is 10.5 Å². The van der Waals surface area contributed by atoms with Gasteiger partial charge in [0.25, 0.3) is 0 Å². The Bertz CT molecular complexity index is 1230. The van der Waals surface area contributed by atoms with E-state index in [0.717, 1.165) is 12.3 Å². The number of halogens is 3. The van der Waals surface area contributed by atoms with Crippen LogP contribution in [0.4, 0.5) is 18.9 Å². The van der Waals surface area contributed by atoms with Crippen LogP contribution in [0.2, 0.25) is 0 Å². The van der Waals surface area contributed by atoms with Crippen molar-refractivity contribution in [1.82, 2.24) is 0 Å². The van der Waals surface area contributed by atoms with Gasteiger partial charge in [-0.15, -0.1) is 0 Å². The van der Waals surface area contributed by atoms with Gasteiger partial charge in [-0.05, 0) is 24.1 Å². The molecular weight excluding hydrogens is 405 g/mol. The summed E-state index contributed by atoms with van der Waals surface area (Å²) in [5.74, 6) is -3.04. The van der Waals surface area contributed by atoms with Crippen molar-refractivity contribution in [3.63, 3.8) is 0 Å². The summed E-state index contributed by atoms with van der Waals surface area (Å²) >= 11 is 0. The topological polar surface area (TPSA) is 81.4 Å². The highest BCUT2D eigenvalue weighted by molar-refractivity contribution is 7.92. The number of hydrogen-bond acceptors (Lipinski definition) is 4. The Hall–Kier alpha value is -2.78. The highest BCUT2D eigenvalue weighted by Crippen LogP contribution is 2.43. The molecule has 152 valence electrons. The van der Waals surface area contributed by atoms with Crippen LogP contribution in [0.1, 0.15) is 17.2 Å². The zero-order valence-electron chi connectivity index (χ0n) is 15.2. The molecule has 0 aliphatic carbocycles. The van der Waals surface area contributed by atoms with Gasteiger partial charge in [0.15, 0.2) is 11.6 Å². The van der Waals surface area contributed by atoms with Crippen LogP contribution < -0.4 is 15.2 Å². The van der Waals surface area contributed by atoms with Gasteiger partial charge >= 0.3 is 0 Å². The van der Waals surface area contributed by atoms with Crippen LogP contribution in [-0.2, 0) is 16.4 Å². The summed E-state index contributed by atoms with van der Waals surface area (Å²) in [5, 5.41) is 1.17. The van der Waals surface area contributed by atoms with Crippen LogP contribution in [0.5, 0.6) is 5.75 Å². The van der Waals surface area contributed by atoms with Crippen LogP contribution in [-0.4, -0.2) is 20.7 Å². The quantitative estimate of drug-likeness (QED) is 0.632. The fourth-order valence-corrected chi connectivity index (χ4v) is 4.18. The molecule has 1 unspecified atom stereocenters. The predicted molar refractivity (Wildman–Crippen MR) is 104 cm³/mol. The van der Waals surface area contributed by atoms with Crippen LogP contribution >= 0.6 is 0 Å². The molecule has 1 aliphatic rings. The van der Waals surface area contributed by atoms with Crippen LogP contribution in [0.25, 0.3) is 10.8 Å². The van der Waals surface area contributed by atoms with Gasteiger partial charge in [0.05, 0.1) is 18.0 Å². The van der Waals surface area contributed by atoms with Crippen molar-refractivity contribution < 1.29 is 26.3 Å². The molecule has 1 aliphatic heterocycles. The van der Waals surface area contributed by atoms with Crippen molar-refractivity contribution in [1.29, 1.82) is 0 Å². The molecule has 3 N–H and O–H groups in total. The fraction of sp³-hybridized carbons (Fsp3) is 0.200. The average Bonchev–Trinajstić information content (AvgIpc) is 2.63. The standard InChI is InChI=1S/C20H17F3N2O3S/c1-29(26,27)25-18-7-10-6-17(24)20(13-8-15(22)16(23)9-14(13)21)28-19(10)12-5-3-2-4-11(12)18/h2-5,7-9,17,20,25H,6,24H2,1H3/t17-,20?/m0/s1. The van der Waals surface area contributed by atoms with Gasteiger partial charge in [0.1, 0.15) is 17.7 Å². The lowest BCUT2D eigenvalue weighted by Crippen LogP contribution is -2.38. The van der Waals surface area contributed by atoms with Gasteiger partial charge in [-0.25, -0.2) is 21.6 Å². The third-order valence-electron chi connectivity index (χ3n) is 4.80. The molecule has 0 radical (unpaired) electrons. The number of ether oxygens (including phenoxy) is 1. The Kier molecular flexibility index (Phi) is 4.66. The maximum absolute atomic E-state index is 14.3. The van der Waals surface area contributed by atoms with Crippen molar-refractivity contribution in [3.8, 4) is 5.75 Å². The number of rotatable bonds is 3. The molecule has 0 amide bonds. The van der Waals surface area contributed by atoms with Crippen molar-refractivity contribution >= 4 is 26.5 Å². The molecule has 0 saturated heterocycles. The highest BCUT2D eigenvalue weighted by atomic mass is 32.2. The van der Waals surface area contributed by atoms with Crippen molar-refractivity contribution in [3.05, 3.63) is 71.0 Å². The average molecular weight is 422 g/mol. The molecule has 3 aromatic rings. The van der Waals surface area contributed by atoms with Gasteiger partial charge in [0, 0.05) is 22.4 Å². The van der Waals surface area contributed by atoms with Crippen molar-refractivity contribution in [2.45, 2.75) is 18.6 Å². The van der Waals surface area contributed by atoms with Crippen LogP contribution in [0.3, 0.4) is 0 Å². The number of hydrogen-bond donors (Lipinski definition) is 2. The number of sulfonamides is 1. The van der Waals surface area contributed by atoms with E-state index in [1.54, 1.807) is 30.3 Å². The number of nitrogens with two attached hydrogens (primary N) is 1. The first-order valence-corrected chi connectivity index (χ1v) is 10.6. The molecule has 29 heavy (non-hydrogen) atoms. The summed E-state index contributed by atoms with van der Waals surface area (Å²) in [5.41, 5.74) is 6.98. The third-order valence-corrected chi connectivity index (χ3v) is 5.39. The normalized spacial score (nSPS) is 18.9. The van der Waals surface area contributed by atoms with E-state index in [0.29, 0.717) is 33.8 Å². The summed E-state index contributed by atoms with van der Waals surface area (Å²) < 4.78 is 73.2. The first-order valence-electron chi connectivity index (χ1n) is 8.73. The van der Waals surface area contributed by atoms with Gasteiger partial charge in [0.2, 0.25) is 10.0 Å². The first-order chi connectivity index (χ1) is 13.6. The highest BCUT2D eigenvalue weighted by Gasteiger charge is 2.33. The Morgan fingerprint density at radius 1 is 1.03 bits per heavy atom. The summed E-state index contributed by atoms with van der Waals surface area (Å²) in [6.07, 6.45) is 0.238. The lowest BCUT2D eigenvalue weighted by atomic mass is 9.90. The number of benzene rings is 3. The molecule has 0 saturated carbocycles. The van der Waals surface area contributed by atoms with E-state index in [2.05, 4.69) is 4.72 Å². The maximum atomic E-state index is 14.3. The number of nitrogens with one attached hydrogen (secondary N) is 1. The second kappa shape index (κ2) is 6.93. The monoisotopic (exact) mass is 422 g/mol. The van der Waals surface area contributed by atoms with Crippen molar-refractivity contribution in [2.75, 3.05) is 11.0 Å². The minimum absolute atomic E-state index is 0.176. The largest absolute Gasteiger partial charge is 0.483 e. The smallest absolute Gasteiger partial charge is 0.229 e. The lowest BCUT2D eigenvalue weighted by molar-refractivity contribution is 0.151. The fourth-order valence-electron chi connectivity index (χ4n) is 3.61. The van der Waals surface area contributed by atoms with E-state index < -0.39 is 39.6 Å². The molecule has 2 atom stereocenters. The minimum atomic E-state index is -3.53. The lowest BCUT2D eigenvalue weighted by Gasteiger charge is -2.33. The van der Waals surface area contributed by atoms with E-state index in [1.807, 2.05) is 0 Å². The predicted octanol–water partition coefficient (Wildman–Crippen LogP) is 3.63. The second-order valence-electron chi connectivity index (χ2n) is 7.03. The molecule has 4 rings (SSSR count). The summed E-state index contributed by atoms with van der Waals surface area (Å²) in [4.78, 5) is 0. The van der Waals surface area contributed by atoms with Crippen LogP contribution in [0, 0.1) is 17.5 Å². The molecule has 0 spiro atoms. The molecule has 9 heteroatoms. The molecule has 3 aromatic carbocycles. The molecule has 0 fully saturated rings. The summed E-state index contributed by atoms with van der Waals surface area (Å²) in [6, 6.07) is 9.02. The number of fused-ring (bicyclic) bond motifs is 3. The second-order valence-corrected chi connectivity index (χ2v) is 8.77. The van der Waals surface area contributed by atoms with Gasteiger partial charge in [-0.2, -0.15) is 0 Å². The Morgan fingerprint density at radius 2 is 1.69 bits per heavy atom. The molecule has 5 nitrogen and oxygen atoms in total. The molecule has 1 heterocycles. The summed E-state index contributed by atoms with van der Waals surface area (Å²) in [6.45, 7) is 0. The van der Waals surface area contributed by atoms with E-state index in [9.17, 15) is 21.6 Å². The zero-order valence-corrected chi connectivity index (χ0v) is 16.1. The maximum Gasteiger partial charge on any atom is 0.229 e. The van der Waals surface area contributed by atoms with Crippen LogP contribution in [0.15, 0.2) is 42.5 Å². The zero-order chi connectivity index (χ0) is 20.9. The van der Waals surface area contributed by atoms with Crippen molar-refractivity contribution in [2.24, 2.45) is 5.73 Å². The molecular formula is C20H17F3N2O3S. The number of anilines is 1. The minimum Gasteiger partial charge on any atom is -0.483 e. The summed E-state index contributed by atoms with van der Waals surface area (Å²) in [7, 11) is -3.53. The van der Waals surface area contributed by atoms with E-state index >= 15 is 0 Å². The SMILES string of the molecule is CS(=O)(=O)Nc1cc2c(c3ccccc13)OC(c1cc(F)c(F)cc1F)[C@@H](N)C2. The van der Waals surface area contributed by atoms with Gasteiger partial charge < -0.3 is 10.5 Å². The van der Waals surface area contributed by atoms with Gasteiger partial charge in [-0.3, -0.25) is 4.72 Å². The first kappa shape index (κ1) is 19.5. The Labute approximate surface area is 165 Å². The van der Waals surface area contributed by atoms with E-state index in [-0.39, 0.29) is 12.0 Å².